The van der Waals surface area contributed by atoms with Gasteiger partial charge in [0.25, 0.3) is 0 Å². The first-order valence-electron chi connectivity index (χ1n) is 8.37. The molecule has 4 heteroatoms. The molecule has 1 aromatic carbocycles. The van der Waals surface area contributed by atoms with E-state index in [9.17, 15) is 4.79 Å². The molecule has 1 heterocycles. The second-order valence-electron chi connectivity index (χ2n) is 7.58. The number of anilines is 1. The fourth-order valence-corrected chi connectivity index (χ4v) is 3.92. The highest BCUT2D eigenvalue weighted by molar-refractivity contribution is 5.85. The molecule has 1 amide bonds. The highest BCUT2D eigenvalue weighted by atomic mass is 16.2. The van der Waals surface area contributed by atoms with Gasteiger partial charge < -0.3 is 4.90 Å². The standard InChI is InChI=1S/C19H29N3O/c1-12(2)22-18-8-13(3)16(11-20-21-15(5)23)9-17(18)14(4)10-19(22,6)7/h8-9,11-12,14H,10H2,1-7H3,(H,21,23)/b20-11-/t14-/m1/s1. The van der Waals surface area contributed by atoms with Crippen molar-refractivity contribution in [2.45, 2.75) is 72.4 Å². The molecule has 4 nitrogen and oxygen atoms in total. The Morgan fingerprint density at radius 1 is 1.43 bits per heavy atom. The number of carbonyl (C=O) groups excluding carboxylic acids is 1. The number of fused-ring (bicyclic) bond motifs is 1. The molecular weight excluding hydrogens is 286 g/mol. The first kappa shape index (κ1) is 17.5. The van der Waals surface area contributed by atoms with Crippen LogP contribution in [0.15, 0.2) is 17.2 Å². The molecule has 0 saturated heterocycles. The zero-order valence-corrected chi connectivity index (χ0v) is 15.4. The molecule has 0 aromatic heterocycles. The largest absolute Gasteiger partial charge is 0.364 e. The van der Waals surface area contributed by atoms with Crippen LogP contribution in [0.2, 0.25) is 0 Å². The molecule has 1 aliphatic heterocycles. The molecule has 0 radical (unpaired) electrons. The maximum absolute atomic E-state index is 11.0. The molecule has 0 unspecified atom stereocenters. The minimum absolute atomic E-state index is 0.152. The SMILES string of the molecule is CC(=O)N/N=C\c1cc2c(cc1C)N(C(C)C)C(C)(C)C[C@H]2C. The summed E-state index contributed by atoms with van der Waals surface area (Å²) in [4.78, 5) is 13.5. The van der Waals surface area contributed by atoms with Gasteiger partial charge in [-0.15, -0.1) is 0 Å². The maximum Gasteiger partial charge on any atom is 0.236 e. The van der Waals surface area contributed by atoms with E-state index in [1.54, 1.807) is 6.21 Å². The van der Waals surface area contributed by atoms with Gasteiger partial charge in [0.15, 0.2) is 0 Å². The second-order valence-corrected chi connectivity index (χ2v) is 7.58. The van der Waals surface area contributed by atoms with Gasteiger partial charge in [0.05, 0.1) is 6.21 Å². The van der Waals surface area contributed by atoms with E-state index in [0.29, 0.717) is 12.0 Å². The van der Waals surface area contributed by atoms with Crippen molar-refractivity contribution in [1.29, 1.82) is 0 Å². The summed E-state index contributed by atoms with van der Waals surface area (Å²) in [5, 5.41) is 4.02. The molecule has 1 aliphatic rings. The minimum Gasteiger partial charge on any atom is -0.364 e. The van der Waals surface area contributed by atoms with Crippen molar-refractivity contribution < 1.29 is 4.79 Å². The van der Waals surface area contributed by atoms with Crippen molar-refractivity contribution in [2.75, 3.05) is 4.90 Å². The smallest absolute Gasteiger partial charge is 0.236 e. The lowest BCUT2D eigenvalue weighted by molar-refractivity contribution is -0.118. The summed E-state index contributed by atoms with van der Waals surface area (Å²) in [6, 6.07) is 4.95. The summed E-state index contributed by atoms with van der Waals surface area (Å²) < 4.78 is 0. The number of nitrogens with one attached hydrogen (secondary N) is 1. The van der Waals surface area contributed by atoms with Crippen LogP contribution in [0.1, 0.15) is 70.6 Å². The average molecular weight is 315 g/mol. The first-order chi connectivity index (χ1) is 10.6. The Balaban J connectivity index is 2.48. The molecule has 1 N–H and O–H groups in total. The number of hydrazone groups is 1. The topological polar surface area (TPSA) is 44.7 Å². The van der Waals surface area contributed by atoms with E-state index in [1.807, 2.05) is 0 Å². The van der Waals surface area contributed by atoms with Crippen LogP contribution in [0, 0.1) is 6.92 Å². The van der Waals surface area contributed by atoms with Crippen LogP contribution in [0.3, 0.4) is 0 Å². The summed E-state index contributed by atoms with van der Waals surface area (Å²) in [6.45, 7) is 15.0. The number of hydrogen-bond acceptors (Lipinski definition) is 3. The number of nitrogens with zero attached hydrogens (tertiary/aromatic N) is 2. The molecule has 2 rings (SSSR count). The lowest BCUT2D eigenvalue weighted by Gasteiger charge is -2.50. The summed E-state index contributed by atoms with van der Waals surface area (Å²) in [7, 11) is 0. The third kappa shape index (κ3) is 3.57. The van der Waals surface area contributed by atoms with Crippen molar-refractivity contribution in [2.24, 2.45) is 5.10 Å². The van der Waals surface area contributed by atoms with Gasteiger partial charge in [0.1, 0.15) is 0 Å². The second kappa shape index (κ2) is 6.34. The monoisotopic (exact) mass is 315 g/mol. The summed E-state index contributed by atoms with van der Waals surface area (Å²) in [5.74, 6) is 0.349. The number of aryl methyl sites for hydroxylation is 1. The van der Waals surface area contributed by atoms with Crippen LogP contribution >= 0.6 is 0 Å². The first-order valence-corrected chi connectivity index (χ1v) is 8.37. The zero-order valence-electron chi connectivity index (χ0n) is 15.4. The molecule has 0 bridgehead atoms. The van der Waals surface area contributed by atoms with E-state index < -0.39 is 0 Å². The normalized spacial score (nSPS) is 20.0. The van der Waals surface area contributed by atoms with Crippen molar-refractivity contribution in [3.8, 4) is 0 Å². The Labute approximate surface area is 140 Å². The fraction of sp³-hybridized carbons (Fsp3) is 0.579. The van der Waals surface area contributed by atoms with Crippen LogP contribution in [0.5, 0.6) is 0 Å². The van der Waals surface area contributed by atoms with Crippen molar-refractivity contribution in [3.63, 3.8) is 0 Å². The van der Waals surface area contributed by atoms with E-state index in [2.05, 4.69) is 69.1 Å². The van der Waals surface area contributed by atoms with E-state index in [4.69, 9.17) is 0 Å². The van der Waals surface area contributed by atoms with E-state index in [0.717, 1.165) is 12.0 Å². The molecule has 1 atom stereocenters. The number of amides is 1. The summed E-state index contributed by atoms with van der Waals surface area (Å²) in [6.07, 6.45) is 2.87. The van der Waals surface area contributed by atoms with Crippen molar-refractivity contribution in [3.05, 3.63) is 28.8 Å². The summed E-state index contributed by atoms with van der Waals surface area (Å²) in [5.41, 5.74) is 7.56. The molecule has 23 heavy (non-hydrogen) atoms. The molecule has 0 spiro atoms. The van der Waals surface area contributed by atoms with Gasteiger partial charge in [0.2, 0.25) is 5.91 Å². The molecule has 0 fully saturated rings. The zero-order chi connectivity index (χ0) is 17.4. The number of hydrogen-bond donors (Lipinski definition) is 1. The van der Waals surface area contributed by atoms with E-state index in [1.165, 1.54) is 23.7 Å². The fourth-order valence-electron chi connectivity index (χ4n) is 3.92. The van der Waals surface area contributed by atoms with E-state index in [-0.39, 0.29) is 11.4 Å². The highest BCUT2D eigenvalue weighted by Crippen LogP contribution is 2.45. The highest BCUT2D eigenvalue weighted by Gasteiger charge is 2.37. The predicted octanol–water partition coefficient (Wildman–Crippen LogP) is 3.97. The lowest BCUT2D eigenvalue weighted by atomic mass is 9.78. The molecule has 1 aromatic rings. The van der Waals surface area contributed by atoms with Crippen LogP contribution in [-0.4, -0.2) is 23.7 Å². The Morgan fingerprint density at radius 2 is 2.09 bits per heavy atom. The Bertz CT molecular complexity index is 632. The van der Waals surface area contributed by atoms with Crippen LogP contribution in [0.4, 0.5) is 5.69 Å². The quantitative estimate of drug-likeness (QED) is 0.677. The molecule has 0 aliphatic carbocycles. The van der Waals surface area contributed by atoms with Gasteiger partial charge in [-0.2, -0.15) is 5.10 Å². The Hall–Kier alpha value is -1.84. The van der Waals surface area contributed by atoms with Gasteiger partial charge in [0, 0.05) is 24.2 Å². The Morgan fingerprint density at radius 3 is 2.65 bits per heavy atom. The lowest BCUT2D eigenvalue weighted by Crippen LogP contribution is -2.51. The molecule has 0 saturated carbocycles. The van der Waals surface area contributed by atoms with Gasteiger partial charge in [-0.1, -0.05) is 6.92 Å². The molecule has 126 valence electrons. The minimum atomic E-state index is -0.155. The third-order valence-corrected chi connectivity index (χ3v) is 4.61. The number of rotatable bonds is 3. The Kier molecular flexibility index (Phi) is 4.83. The van der Waals surface area contributed by atoms with Crippen LogP contribution < -0.4 is 10.3 Å². The average Bonchev–Trinajstić information content (AvgIpc) is 2.38. The predicted molar refractivity (Wildman–Crippen MR) is 97.3 cm³/mol. The van der Waals surface area contributed by atoms with Crippen molar-refractivity contribution in [1.82, 2.24) is 5.43 Å². The molecular formula is C19H29N3O. The summed E-state index contributed by atoms with van der Waals surface area (Å²) >= 11 is 0. The third-order valence-electron chi connectivity index (χ3n) is 4.61. The van der Waals surface area contributed by atoms with Gasteiger partial charge in [-0.05, 0) is 75.8 Å². The van der Waals surface area contributed by atoms with Gasteiger partial charge >= 0.3 is 0 Å². The van der Waals surface area contributed by atoms with Crippen molar-refractivity contribution >= 4 is 17.8 Å². The van der Waals surface area contributed by atoms with Gasteiger partial charge in [-0.3, -0.25) is 4.79 Å². The van der Waals surface area contributed by atoms with Gasteiger partial charge in [-0.25, -0.2) is 5.43 Å². The van der Waals surface area contributed by atoms with E-state index >= 15 is 0 Å². The van der Waals surface area contributed by atoms with Crippen LogP contribution in [0.25, 0.3) is 0 Å². The van der Waals surface area contributed by atoms with Crippen LogP contribution in [-0.2, 0) is 4.79 Å². The number of benzene rings is 1. The number of carbonyl (C=O) groups is 1. The maximum atomic E-state index is 11.0.